The van der Waals surface area contributed by atoms with Crippen LogP contribution in [0.4, 0.5) is 5.69 Å². The van der Waals surface area contributed by atoms with E-state index in [0.717, 1.165) is 11.8 Å². The standard InChI is InChI=1S/C15H13NO5S2/c1-9-8-22-15(23-9)13(14(18)19)12(17)6-5-10-3-2-4-11(7-10)16(20)21/h2-7,9H,8H2,1H3,(H,18,19)/b6-5+,15-13-. The molecule has 1 N–H and O–H groups in total. The van der Waals surface area contributed by atoms with Gasteiger partial charge in [0.25, 0.3) is 5.69 Å². The molecule has 8 heteroatoms. The monoisotopic (exact) mass is 351 g/mol. The third kappa shape index (κ3) is 4.46. The second-order valence-electron chi connectivity index (χ2n) is 4.76. The fourth-order valence-electron chi connectivity index (χ4n) is 1.87. The Hall–Kier alpha value is -2.06. The normalized spacial score (nSPS) is 19.8. The Balaban J connectivity index is 2.24. The van der Waals surface area contributed by atoms with Crippen molar-refractivity contribution >= 4 is 47.0 Å². The van der Waals surface area contributed by atoms with Crippen LogP contribution < -0.4 is 0 Å². The topological polar surface area (TPSA) is 97.5 Å². The number of hydrogen-bond donors (Lipinski definition) is 1. The molecule has 1 atom stereocenters. The minimum absolute atomic E-state index is 0.0906. The summed E-state index contributed by atoms with van der Waals surface area (Å²) in [4.78, 5) is 33.7. The predicted molar refractivity (Wildman–Crippen MR) is 91.3 cm³/mol. The first-order valence-corrected chi connectivity index (χ1v) is 8.49. The van der Waals surface area contributed by atoms with Gasteiger partial charge in [-0.15, -0.1) is 23.5 Å². The van der Waals surface area contributed by atoms with Crippen molar-refractivity contribution in [3.63, 3.8) is 0 Å². The van der Waals surface area contributed by atoms with Gasteiger partial charge >= 0.3 is 5.97 Å². The van der Waals surface area contributed by atoms with Gasteiger partial charge in [-0.3, -0.25) is 14.9 Å². The fraction of sp³-hybridized carbons (Fsp3) is 0.200. The van der Waals surface area contributed by atoms with E-state index >= 15 is 0 Å². The zero-order valence-electron chi connectivity index (χ0n) is 12.1. The van der Waals surface area contributed by atoms with Crippen molar-refractivity contribution in [3.8, 4) is 0 Å². The van der Waals surface area contributed by atoms with Gasteiger partial charge in [0.2, 0.25) is 0 Å². The molecule has 0 spiro atoms. The molecule has 0 aliphatic carbocycles. The number of rotatable bonds is 5. The Morgan fingerprint density at radius 1 is 1.43 bits per heavy atom. The molecular weight excluding hydrogens is 338 g/mol. The molecule has 2 rings (SSSR count). The minimum Gasteiger partial charge on any atom is -0.477 e. The number of carbonyl (C=O) groups excluding carboxylic acids is 1. The quantitative estimate of drug-likeness (QED) is 0.286. The Bertz CT molecular complexity index is 726. The molecular formula is C15H13NO5S2. The Morgan fingerprint density at radius 2 is 2.17 bits per heavy atom. The summed E-state index contributed by atoms with van der Waals surface area (Å²) in [6, 6.07) is 5.77. The van der Waals surface area contributed by atoms with Gasteiger partial charge in [-0.05, 0) is 11.6 Å². The van der Waals surface area contributed by atoms with E-state index in [-0.39, 0.29) is 16.5 Å². The molecule has 1 saturated heterocycles. The molecule has 0 aromatic heterocycles. The Labute approximate surface area is 140 Å². The van der Waals surface area contributed by atoms with Crippen LogP contribution in [0.3, 0.4) is 0 Å². The van der Waals surface area contributed by atoms with Gasteiger partial charge in [0, 0.05) is 23.1 Å². The largest absolute Gasteiger partial charge is 0.477 e. The van der Waals surface area contributed by atoms with E-state index in [1.807, 2.05) is 6.92 Å². The van der Waals surface area contributed by atoms with Gasteiger partial charge in [-0.1, -0.05) is 25.1 Å². The smallest absolute Gasteiger partial charge is 0.341 e. The first-order chi connectivity index (χ1) is 10.9. The number of benzene rings is 1. The number of carbonyl (C=O) groups is 2. The SMILES string of the molecule is CC1CS/C(=C(/C(=O)O)C(=O)/C=C/c2cccc([N+](=O)[O-])c2)S1. The number of non-ortho nitro benzene ring substituents is 1. The number of hydrogen-bond acceptors (Lipinski definition) is 6. The predicted octanol–water partition coefficient (Wildman–Crippen LogP) is 3.34. The molecule has 120 valence electrons. The van der Waals surface area contributed by atoms with Gasteiger partial charge in [0.05, 0.1) is 9.16 Å². The molecule has 1 aliphatic rings. The zero-order valence-corrected chi connectivity index (χ0v) is 13.7. The van der Waals surface area contributed by atoms with Crippen molar-refractivity contribution in [1.82, 2.24) is 0 Å². The zero-order chi connectivity index (χ0) is 17.0. The number of nitro groups is 1. The van der Waals surface area contributed by atoms with Crippen LogP contribution in [-0.4, -0.2) is 32.8 Å². The Morgan fingerprint density at radius 3 is 2.74 bits per heavy atom. The molecule has 6 nitrogen and oxygen atoms in total. The van der Waals surface area contributed by atoms with Gasteiger partial charge in [0.1, 0.15) is 5.57 Å². The lowest BCUT2D eigenvalue weighted by atomic mass is 10.1. The van der Waals surface area contributed by atoms with Gasteiger partial charge in [-0.2, -0.15) is 0 Å². The van der Waals surface area contributed by atoms with Crippen molar-refractivity contribution in [3.05, 3.63) is 55.8 Å². The van der Waals surface area contributed by atoms with Gasteiger partial charge < -0.3 is 5.11 Å². The highest BCUT2D eigenvalue weighted by Crippen LogP contribution is 2.43. The van der Waals surface area contributed by atoms with Crippen LogP contribution in [0.15, 0.2) is 40.2 Å². The second-order valence-corrected chi connectivity index (χ2v) is 7.49. The van der Waals surface area contributed by atoms with E-state index in [0.29, 0.717) is 9.80 Å². The van der Waals surface area contributed by atoms with Crippen molar-refractivity contribution in [2.24, 2.45) is 0 Å². The highest BCUT2D eigenvalue weighted by atomic mass is 32.2. The molecule has 1 unspecified atom stereocenters. The van der Waals surface area contributed by atoms with E-state index in [1.165, 1.54) is 47.8 Å². The van der Waals surface area contributed by atoms with Crippen LogP contribution in [-0.2, 0) is 9.59 Å². The maximum absolute atomic E-state index is 12.2. The van der Waals surface area contributed by atoms with Crippen molar-refractivity contribution in [1.29, 1.82) is 0 Å². The summed E-state index contributed by atoms with van der Waals surface area (Å²) in [6.07, 6.45) is 2.52. The molecule has 1 fully saturated rings. The summed E-state index contributed by atoms with van der Waals surface area (Å²) < 4.78 is 0.513. The number of aliphatic carboxylic acids is 1. The summed E-state index contributed by atoms with van der Waals surface area (Å²) >= 11 is 2.74. The maximum atomic E-state index is 12.2. The number of nitro benzene ring substituents is 1. The van der Waals surface area contributed by atoms with Crippen LogP contribution in [0.1, 0.15) is 12.5 Å². The van der Waals surface area contributed by atoms with E-state index in [1.54, 1.807) is 6.07 Å². The van der Waals surface area contributed by atoms with Gasteiger partial charge in [-0.25, -0.2) is 4.79 Å². The van der Waals surface area contributed by atoms with E-state index in [4.69, 9.17) is 0 Å². The molecule has 1 aromatic carbocycles. The molecule has 0 radical (unpaired) electrons. The maximum Gasteiger partial charge on any atom is 0.341 e. The van der Waals surface area contributed by atoms with Crippen molar-refractivity contribution in [2.45, 2.75) is 12.2 Å². The van der Waals surface area contributed by atoms with Crippen LogP contribution in [0.5, 0.6) is 0 Å². The van der Waals surface area contributed by atoms with Crippen LogP contribution in [0.2, 0.25) is 0 Å². The van der Waals surface area contributed by atoms with E-state index in [9.17, 15) is 24.8 Å². The number of carboxylic acids is 1. The summed E-state index contributed by atoms with van der Waals surface area (Å²) in [6.45, 7) is 1.97. The van der Waals surface area contributed by atoms with Gasteiger partial charge in [0.15, 0.2) is 5.78 Å². The summed E-state index contributed by atoms with van der Waals surface area (Å²) in [5.41, 5.74) is 0.126. The van der Waals surface area contributed by atoms with Crippen LogP contribution in [0, 0.1) is 10.1 Å². The third-order valence-electron chi connectivity index (χ3n) is 2.93. The molecule has 1 aliphatic heterocycles. The van der Waals surface area contributed by atoms with E-state index in [2.05, 4.69) is 0 Å². The summed E-state index contributed by atoms with van der Waals surface area (Å²) in [5, 5.41) is 20.3. The molecule has 0 bridgehead atoms. The average molecular weight is 351 g/mol. The molecule has 1 heterocycles. The van der Waals surface area contributed by atoms with Crippen LogP contribution in [0.25, 0.3) is 6.08 Å². The highest BCUT2D eigenvalue weighted by Gasteiger charge is 2.27. The molecule has 0 saturated carbocycles. The Kier molecular flexibility index (Phi) is 5.62. The minimum atomic E-state index is -1.26. The lowest BCUT2D eigenvalue weighted by Gasteiger charge is -2.02. The third-order valence-corrected chi connectivity index (χ3v) is 5.90. The number of carboxylic acid groups (broad SMARTS) is 1. The number of thioether (sulfide) groups is 2. The lowest BCUT2D eigenvalue weighted by molar-refractivity contribution is -0.384. The fourth-order valence-corrected chi connectivity index (χ4v) is 4.70. The lowest BCUT2D eigenvalue weighted by Crippen LogP contribution is -2.11. The number of ketones is 1. The van der Waals surface area contributed by atoms with E-state index < -0.39 is 16.7 Å². The van der Waals surface area contributed by atoms with Crippen molar-refractivity contribution in [2.75, 3.05) is 5.75 Å². The van der Waals surface area contributed by atoms with Crippen LogP contribution >= 0.6 is 23.5 Å². The first-order valence-electron chi connectivity index (χ1n) is 6.62. The second kappa shape index (κ2) is 7.47. The average Bonchev–Trinajstić information content (AvgIpc) is 2.91. The molecule has 0 amide bonds. The molecule has 23 heavy (non-hydrogen) atoms. The number of allylic oxidation sites excluding steroid dienone is 1. The first kappa shape index (κ1) is 17.3. The summed E-state index contributed by atoms with van der Waals surface area (Å²) in [7, 11) is 0. The number of nitrogens with zero attached hydrogens (tertiary/aromatic N) is 1. The highest BCUT2D eigenvalue weighted by molar-refractivity contribution is 8.25. The summed E-state index contributed by atoms with van der Waals surface area (Å²) in [5.74, 6) is -1.12. The molecule has 1 aromatic rings. The van der Waals surface area contributed by atoms with Crippen molar-refractivity contribution < 1.29 is 19.6 Å².